The highest BCUT2D eigenvalue weighted by Gasteiger charge is 2.28. The summed E-state index contributed by atoms with van der Waals surface area (Å²) >= 11 is 0. The van der Waals surface area contributed by atoms with Gasteiger partial charge in [-0.05, 0) is 51.5 Å². The van der Waals surface area contributed by atoms with Crippen LogP contribution in [-0.4, -0.2) is 72.0 Å². The Morgan fingerprint density at radius 1 is 0.848 bits per heavy atom. The number of carboxylic acid groups (broad SMARTS) is 1. The minimum atomic E-state index is -1.19. The van der Waals surface area contributed by atoms with E-state index in [9.17, 15) is 24.3 Å². The first-order valence-corrected chi connectivity index (χ1v) is 11.1. The first kappa shape index (κ1) is 30.1. The summed E-state index contributed by atoms with van der Waals surface area (Å²) in [5.74, 6) is -3.19. The predicted molar refractivity (Wildman–Crippen MR) is 125 cm³/mol. The second-order valence-corrected chi connectivity index (χ2v) is 8.19. The van der Waals surface area contributed by atoms with Gasteiger partial charge < -0.3 is 44.0 Å². The van der Waals surface area contributed by atoms with Gasteiger partial charge in [0.25, 0.3) is 0 Å². The molecule has 0 saturated heterocycles. The molecule has 0 heterocycles. The Morgan fingerprint density at radius 3 is 1.94 bits per heavy atom. The van der Waals surface area contributed by atoms with Gasteiger partial charge in [-0.25, -0.2) is 4.79 Å². The number of nitrogens with zero attached hydrogens (tertiary/aromatic N) is 1. The molecule has 0 spiro atoms. The van der Waals surface area contributed by atoms with Crippen LogP contribution in [0.3, 0.4) is 0 Å². The highest BCUT2D eigenvalue weighted by Crippen LogP contribution is 2.05. The largest absolute Gasteiger partial charge is 0.480 e. The molecule has 3 amide bonds. The number of guanidine groups is 1. The first-order chi connectivity index (χ1) is 15.4. The molecule has 0 fully saturated rings. The molecular weight excluding hydrogens is 432 g/mol. The molecule has 13 nitrogen and oxygen atoms in total. The summed E-state index contributed by atoms with van der Waals surface area (Å²) in [6, 6.07) is -3.93. The fourth-order valence-electron chi connectivity index (χ4n) is 2.77. The van der Waals surface area contributed by atoms with Crippen LogP contribution in [0.4, 0.5) is 0 Å². The average Bonchev–Trinajstić information content (AvgIpc) is 2.73. The van der Waals surface area contributed by atoms with Crippen molar-refractivity contribution >= 4 is 29.7 Å². The zero-order valence-corrected chi connectivity index (χ0v) is 19.7. The summed E-state index contributed by atoms with van der Waals surface area (Å²) < 4.78 is 0. The average molecular weight is 473 g/mol. The lowest BCUT2D eigenvalue weighted by Gasteiger charge is -2.24. The van der Waals surface area contributed by atoms with Gasteiger partial charge in [0.05, 0.1) is 6.04 Å². The third-order valence-corrected chi connectivity index (χ3v) is 4.91. The molecule has 0 aromatic rings. The molecule has 0 aromatic heterocycles. The van der Waals surface area contributed by atoms with Crippen LogP contribution in [0.25, 0.3) is 0 Å². The maximum atomic E-state index is 12.8. The fraction of sp³-hybridized carbons (Fsp3) is 0.750. The van der Waals surface area contributed by atoms with Crippen LogP contribution in [0.2, 0.25) is 0 Å². The molecule has 33 heavy (non-hydrogen) atoms. The number of aliphatic imine (C=N–C) groups is 1. The molecule has 0 aliphatic rings. The van der Waals surface area contributed by atoms with E-state index in [0.717, 1.165) is 0 Å². The van der Waals surface area contributed by atoms with E-state index >= 15 is 0 Å². The monoisotopic (exact) mass is 472 g/mol. The highest BCUT2D eigenvalue weighted by atomic mass is 16.4. The van der Waals surface area contributed by atoms with Gasteiger partial charge in [0, 0.05) is 6.54 Å². The van der Waals surface area contributed by atoms with Gasteiger partial charge in [0.1, 0.15) is 18.1 Å². The molecule has 4 atom stereocenters. The molecule has 4 unspecified atom stereocenters. The molecule has 0 radical (unpaired) electrons. The quantitative estimate of drug-likeness (QED) is 0.0683. The number of carbonyl (C=O) groups excluding carboxylic acids is 3. The second-order valence-electron chi connectivity index (χ2n) is 8.19. The standard InChI is InChI=1S/C20H40N8O5/c1-11(2)15(22)18(31)26-12(3)16(29)27-13(8-6-10-25-20(23)24)17(30)28-14(19(32)33)7-4-5-9-21/h11-15H,4-10,21-22H2,1-3H3,(H,26,31)(H,27,29)(H,28,30)(H,32,33)(H4,23,24,25). The summed E-state index contributed by atoms with van der Waals surface area (Å²) in [6.45, 7) is 5.64. The van der Waals surface area contributed by atoms with Crippen LogP contribution >= 0.6 is 0 Å². The molecule has 0 aromatic carbocycles. The van der Waals surface area contributed by atoms with Crippen molar-refractivity contribution in [2.45, 2.75) is 77.0 Å². The van der Waals surface area contributed by atoms with Crippen molar-refractivity contribution in [1.29, 1.82) is 0 Å². The Bertz CT molecular complexity index is 681. The third kappa shape index (κ3) is 12.6. The molecule has 0 aliphatic carbocycles. The lowest BCUT2D eigenvalue weighted by Crippen LogP contribution is -2.56. The Labute approximate surface area is 194 Å². The van der Waals surface area contributed by atoms with Gasteiger partial charge in [-0.1, -0.05) is 13.8 Å². The smallest absolute Gasteiger partial charge is 0.326 e. The Morgan fingerprint density at radius 2 is 1.42 bits per heavy atom. The van der Waals surface area contributed by atoms with Gasteiger partial charge in [-0.2, -0.15) is 0 Å². The van der Waals surface area contributed by atoms with E-state index in [1.165, 1.54) is 6.92 Å². The summed E-state index contributed by atoms with van der Waals surface area (Å²) in [4.78, 5) is 52.9. The molecule has 0 aliphatic heterocycles. The topological polar surface area (TPSA) is 241 Å². The van der Waals surface area contributed by atoms with Crippen LogP contribution < -0.4 is 38.9 Å². The van der Waals surface area contributed by atoms with Gasteiger partial charge in [0.15, 0.2) is 5.96 Å². The van der Waals surface area contributed by atoms with Crippen LogP contribution in [0, 0.1) is 5.92 Å². The Hall–Kier alpha value is -2.93. The van der Waals surface area contributed by atoms with E-state index in [2.05, 4.69) is 20.9 Å². The van der Waals surface area contributed by atoms with E-state index in [0.29, 0.717) is 25.8 Å². The molecule has 0 saturated carbocycles. The summed E-state index contributed by atoms with van der Waals surface area (Å²) in [5, 5.41) is 16.9. The number of carboxylic acids is 1. The van der Waals surface area contributed by atoms with Crippen molar-refractivity contribution in [2.24, 2.45) is 33.8 Å². The number of nitrogens with two attached hydrogens (primary N) is 4. The van der Waals surface area contributed by atoms with Crippen molar-refractivity contribution in [2.75, 3.05) is 13.1 Å². The second kappa shape index (κ2) is 15.8. The van der Waals surface area contributed by atoms with Crippen LogP contribution in [-0.2, 0) is 19.2 Å². The number of nitrogens with one attached hydrogen (secondary N) is 3. The predicted octanol–water partition coefficient (Wildman–Crippen LogP) is -2.29. The number of hydrogen-bond acceptors (Lipinski definition) is 7. The normalized spacial score (nSPS) is 14.5. The Kier molecular flexibility index (Phi) is 14.4. The minimum absolute atomic E-state index is 0.108. The van der Waals surface area contributed by atoms with Gasteiger partial charge >= 0.3 is 5.97 Å². The zero-order chi connectivity index (χ0) is 25.6. The number of aliphatic carboxylic acids is 1. The van der Waals surface area contributed by atoms with E-state index in [1.54, 1.807) is 13.8 Å². The molecule has 0 rings (SSSR count). The molecule has 190 valence electrons. The first-order valence-electron chi connectivity index (χ1n) is 11.1. The van der Waals surface area contributed by atoms with Crippen molar-refractivity contribution in [3.8, 4) is 0 Å². The SMILES string of the molecule is CC(NC(=O)C(N)C(C)C)C(=O)NC(CCCN=C(N)N)C(=O)NC(CCCCN)C(=O)O. The zero-order valence-electron chi connectivity index (χ0n) is 19.7. The maximum Gasteiger partial charge on any atom is 0.326 e. The van der Waals surface area contributed by atoms with Gasteiger partial charge in [-0.3, -0.25) is 19.4 Å². The lowest BCUT2D eigenvalue weighted by molar-refractivity contribution is -0.142. The van der Waals surface area contributed by atoms with E-state index < -0.39 is 47.9 Å². The van der Waals surface area contributed by atoms with Crippen molar-refractivity contribution in [3.05, 3.63) is 0 Å². The number of rotatable bonds is 16. The molecular formula is C20H40N8O5. The van der Waals surface area contributed by atoms with Crippen LogP contribution in [0.5, 0.6) is 0 Å². The van der Waals surface area contributed by atoms with E-state index in [4.69, 9.17) is 22.9 Å². The minimum Gasteiger partial charge on any atom is -0.480 e. The van der Waals surface area contributed by atoms with Crippen LogP contribution in [0.1, 0.15) is 52.9 Å². The summed E-state index contributed by atoms with van der Waals surface area (Å²) in [7, 11) is 0. The maximum absolute atomic E-state index is 12.8. The highest BCUT2D eigenvalue weighted by molar-refractivity contribution is 5.93. The molecule has 12 N–H and O–H groups in total. The van der Waals surface area contributed by atoms with Gasteiger partial charge in [0.2, 0.25) is 17.7 Å². The number of amides is 3. The summed E-state index contributed by atoms with van der Waals surface area (Å²) in [5.41, 5.74) is 21.8. The van der Waals surface area contributed by atoms with Crippen LogP contribution in [0.15, 0.2) is 4.99 Å². The number of hydrogen-bond donors (Lipinski definition) is 8. The number of carbonyl (C=O) groups is 4. The molecule has 0 bridgehead atoms. The summed E-state index contributed by atoms with van der Waals surface area (Å²) in [6.07, 6.45) is 1.84. The van der Waals surface area contributed by atoms with Gasteiger partial charge in [-0.15, -0.1) is 0 Å². The van der Waals surface area contributed by atoms with Crippen molar-refractivity contribution in [1.82, 2.24) is 16.0 Å². The number of unbranched alkanes of at least 4 members (excludes halogenated alkanes) is 1. The molecule has 13 heteroatoms. The van der Waals surface area contributed by atoms with E-state index in [-0.39, 0.29) is 31.3 Å². The van der Waals surface area contributed by atoms with Crippen molar-refractivity contribution in [3.63, 3.8) is 0 Å². The third-order valence-electron chi connectivity index (χ3n) is 4.91. The fourth-order valence-corrected chi connectivity index (χ4v) is 2.77. The van der Waals surface area contributed by atoms with Crippen molar-refractivity contribution < 1.29 is 24.3 Å². The Balaban J connectivity index is 5.24. The van der Waals surface area contributed by atoms with E-state index in [1.807, 2.05) is 0 Å². The lowest BCUT2D eigenvalue weighted by atomic mass is 10.0.